The van der Waals surface area contributed by atoms with Gasteiger partial charge in [-0.2, -0.15) is 0 Å². The number of hydrogen-bond acceptors (Lipinski definition) is 4. The van der Waals surface area contributed by atoms with E-state index in [2.05, 4.69) is 17.1 Å². The van der Waals surface area contributed by atoms with Crippen LogP contribution in [0.4, 0.5) is 0 Å². The minimum Gasteiger partial charge on any atom is -0.469 e. The molecule has 4 unspecified atom stereocenters. The number of ether oxygens (including phenoxy) is 1. The largest absolute Gasteiger partial charge is 0.469 e. The lowest BCUT2D eigenvalue weighted by Crippen LogP contribution is -2.38. The molecule has 1 N–H and O–H groups in total. The average Bonchev–Trinajstić information content (AvgIpc) is 2.82. The molecule has 16 heavy (non-hydrogen) atoms. The van der Waals surface area contributed by atoms with Crippen LogP contribution in [0.2, 0.25) is 0 Å². The minimum absolute atomic E-state index is 0.0146. The highest BCUT2D eigenvalue weighted by Crippen LogP contribution is 2.32. The zero-order chi connectivity index (χ0) is 11.7. The zero-order valence-corrected chi connectivity index (χ0v) is 10.4. The van der Waals surface area contributed by atoms with E-state index in [1.165, 1.54) is 7.11 Å². The van der Waals surface area contributed by atoms with E-state index in [1.807, 2.05) is 6.92 Å². The van der Waals surface area contributed by atoms with Gasteiger partial charge in [0.25, 0.3) is 0 Å². The molecule has 4 heteroatoms. The van der Waals surface area contributed by atoms with Crippen LogP contribution in [-0.2, 0) is 9.53 Å². The van der Waals surface area contributed by atoms with Gasteiger partial charge in [-0.1, -0.05) is 6.92 Å². The molecule has 4 atom stereocenters. The Morgan fingerprint density at radius 2 is 2.31 bits per heavy atom. The predicted octanol–water partition coefficient (Wildman–Crippen LogP) is 0.335. The highest BCUT2D eigenvalue weighted by molar-refractivity contribution is 5.72. The maximum atomic E-state index is 11.4. The van der Waals surface area contributed by atoms with E-state index >= 15 is 0 Å². The molecule has 2 fully saturated rings. The highest BCUT2D eigenvalue weighted by atomic mass is 16.5. The molecular weight excluding hydrogens is 204 g/mol. The molecule has 0 aromatic heterocycles. The van der Waals surface area contributed by atoms with Crippen molar-refractivity contribution in [2.24, 2.45) is 17.8 Å². The van der Waals surface area contributed by atoms with Crippen LogP contribution in [0.15, 0.2) is 0 Å². The van der Waals surface area contributed by atoms with Crippen LogP contribution in [0.3, 0.4) is 0 Å². The number of carbonyl (C=O) groups excluding carboxylic acids is 1. The third-order valence-corrected chi connectivity index (χ3v) is 4.17. The molecule has 2 heterocycles. The molecule has 92 valence electrons. The fraction of sp³-hybridized carbons (Fsp3) is 0.917. The first-order valence-corrected chi connectivity index (χ1v) is 6.16. The normalized spacial score (nSPS) is 36.1. The van der Waals surface area contributed by atoms with E-state index in [0.717, 1.165) is 38.0 Å². The first-order chi connectivity index (χ1) is 7.63. The summed E-state index contributed by atoms with van der Waals surface area (Å²) in [4.78, 5) is 13.8. The van der Waals surface area contributed by atoms with Gasteiger partial charge in [-0.05, 0) is 31.8 Å². The van der Waals surface area contributed by atoms with Crippen LogP contribution in [0.5, 0.6) is 0 Å². The Hall–Kier alpha value is -0.610. The molecule has 0 aliphatic carbocycles. The Morgan fingerprint density at radius 1 is 1.56 bits per heavy atom. The standard InChI is InChI=1S/C12H22N2O2/c1-8(12(15)16-3)6-14-7-10-4-13-5-11(10)9(14)2/h8-11,13H,4-7H2,1-3H3. The summed E-state index contributed by atoms with van der Waals surface area (Å²) in [7, 11) is 1.46. The topological polar surface area (TPSA) is 41.6 Å². The van der Waals surface area contributed by atoms with Crippen LogP contribution in [0.25, 0.3) is 0 Å². The van der Waals surface area contributed by atoms with Gasteiger partial charge < -0.3 is 10.1 Å². The van der Waals surface area contributed by atoms with Crippen molar-refractivity contribution in [2.75, 3.05) is 33.3 Å². The molecule has 0 saturated carbocycles. The van der Waals surface area contributed by atoms with Crippen molar-refractivity contribution < 1.29 is 9.53 Å². The van der Waals surface area contributed by atoms with E-state index in [0.29, 0.717) is 6.04 Å². The second-order valence-electron chi connectivity index (χ2n) is 5.20. The van der Waals surface area contributed by atoms with Gasteiger partial charge in [0.05, 0.1) is 13.0 Å². The molecule has 4 nitrogen and oxygen atoms in total. The number of fused-ring (bicyclic) bond motifs is 1. The lowest BCUT2D eigenvalue weighted by molar-refractivity contribution is -0.145. The monoisotopic (exact) mass is 226 g/mol. The molecule has 2 aliphatic rings. The summed E-state index contributed by atoms with van der Waals surface area (Å²) in [6, 6.07) is 0.590. The third kappa shape index (κ3) is 2.09. The Labute approximate surface area is 97.3 Å². The number of nitrogens with zero attached hydrogens (tertiary/aromatic N) is 1. The summed E-state index contributed by atoms with van der Waals surface area (Å²) in [6.07, 6.45) is 0. The van der Waals surface area contributed by atoms with Gasteiger partial charge in [-0.3, -0.25) is 9.69 Å². The maximum absolute atomic E-state index is 11.4. The number of methoxy groups -OCH3 is 1. The Balaban J connectivity index is 1.89. The number of likely N-dealkylation sites (tertiary alicyclic amines) is 1. The molecule has 2 rings (SSSR count). The van der Waals surface area contributed by atoms with Gasteiger partial charge >= 0.3 is 5.97 Å². The fourth-order valence-electron chi connectivity index (χ4n) is 3.12. The van der Waals surface area contributed by atoms with Crippen LogP contribution < -0.4 is 5.32 Å². The lowest BCUT2D eigenvalue weighted by atomic mass is 9.95. The van der Waals surface area contributed by atoms with Crippen molar-refractivity contribution in [3.8, 4) is 0 Å². The smallest absolute Gasteiger partial charge is 0.309 e. The van der Waals surface area contributed by atoms with E-state index in [4.69, 9.17) is 4.74 Å². The van der Waals surface area contributed by atoms with E-state index in [-0.39, 0.29) is 11.9 Å². The number of esters is 1. The summed E-state index contributed by atoms with van der Waals surface area (Å²) in [5.41, 5.74) is 0. The molecule has 0 aromatic carbocycles. The van der Waals surface area contributed by atoms with E-state index in [1.54, 1.807) is 0 Å². The van der Waals surface area contributed by atoms with Crippen molar-refractivity contribution >= 4 is 5.97 Å². The summed E-state index contributed by atoms with van der Waals surface area (Å²) in [5, 5.41) is 3.44. The SMILES string of the molecule is COC(=O)C(C)CN1CC2CNCC2C1C. The van der Waals surface area contributed by atoms with Gasteiger partial charge in [-0.15, -0.1) is 0 Å². The first kappa shape index (κ1) is 11.9. The maximum Gasteiger partial charge on any atom is 0.309 e. The lowest BCUT2D eigenvalue weighted by Gasteiger charge is -2.26. The van der Waals surface area contributed by atoms with E-state index < -0.39 is 0 Å². The fourth-order valence-corrected chi connectivity index (χ4v) is 3.12. The zero-order valence-electron chi connectivity index (χ0n) is 10.4. The predicted molar refractivity (Wildman–Crippen MR) is 62.1 cm³/mol. The quantitative estimate of drug-likeness (QED) is 0.704. The van der Waals surface area contributed by atoms with Gasteiger partial charge in [0.1, 0.15) is 0 Å². The average molecular weight is 226 g/mol. The van der Waals surface area contributed by atoms with Crippen molar-refractivity contribution in [2.45, 2.75) is 19.9 Å². The molecule has 0 spiro atoms. The number of carbonyl (C=O) groups is 1. The van der Waals surface area contributed by atoms with Crippen molar-refractivity contribution in [3.05, 3.63) is 0 Å². The van der Waals surface area contributed by atoms with Gasteiger partial charge in [0.2, 0.25) is 0 Å². The van der Waals surface area contributed by atoms with Crippen LogP contribution in [0.1, 0.15) is 13.8 Å². The summed E-state index contributed by atoms with van der Waals surface area (Å²) in [6.45, 7) is 8.46. The van der Waals surface area contributed by atoms with Crippen LogP contribution in [-0.4, -0.2) is 50.2 Å². The van der Waals surface area contributed by atoms with Crippen LogP contribution >= 0.6 is 0 Å². The first-order valence-electron chi connectivity index (χ1n) is 6.16. The molecule has 0 amide bonds. The Kier molecular flexibility index (Phi) is 3.50. The minimum atomic E-state index is -0.0950. The van der Waals surface area contributed by atoms with Crippen molar-refractivity contribution in [3.63, 3.8) is 0 Å². The Morgan fingerprint density at radius 3 is 2.94 bits per heavy atom. The van der Waals surface area contributed by atoms with Gasteiger partial charge in [-0.25, -0.2) is 0 Å². The second kappa shape index (κ2) is 4.72. The number of nitrogens with one attached hydrogen (secondary N) is 1. The molecule has 2 saturated heterocycles. The molecular formula is C12H22N2O2. The summed E-state index contributed by atoms with van der Waals surface area (Å²) < 4.78 is 4.77. The van der Waals surface area contributed by atoms with Gasteiger partial charge in [0.15, 0.2) is 0 Å². The molecule has 0 bridgehead atoms. The number of hydrogen-bond donors (Lipinski definition) is 1. The third-order valence-electron chi connectivity index (χ3n) is 4.17. The second-order valence-corrected chi connectivity index (χ2v) is 5.20. The van der Waals surface area contributed by atoms with Crippen molar-refractivity contribution in [1.29, 1.82) is 0 Å². The highest BCUT2D eigenvalue weighted by Gasteiger charge is 2.42. The summed E-state index contributed by atoms with van der Waals surface area (Å²) >= 11 is 0. The Bertz CT molecular complexity index is 270. The van der Waals surface area contributed by atoms with Crippen LogP contribution in [0, 0.1) is 17.8 Å². The number of rotatable bonds is 3. The van der Waals surface area contributed by atoms with Crippen molar-refractivity contribution in [1.82, 2.24) is 10.2 Å². The molecule has 2 aliphatic heterocycles. The van der Waals surface area contributed by atoms with E-state index in [9.17, 15) is 4.79 Å². The summed E-state index contributed by atoms with van der Waals surface area (Å²) in [5.74, 6) is 1.44. The molecule has 0 aromatic rings. The van der Waals surface area contributed by atoms with Gasteiger partial charge in [0, 0.05) is 19.1 Å². The molecule has 0 radical (unpaired) electrons.